The number of carbonyl (C=O) groups excluding carboxylic acids is 3. The Balaban J connectivity index is 5.04. The number of aldehydes is 1. The van der Waals surface area contributed by atoms with E-state index in [-0.39, 0.29) is 13.0 Å². The lowest BCUT2D eigenvalue weighted by Crippen LogP contribution is -2.43. The molecule has 0 heterocycles. The molecule has 86 valence electrons. The lowest BCUT2D eigenvalue weighted by atomic mass is 9.85. The van der Waals surface area contributed by atoms with E-state index in [0.717, 1.165) is 7.11 Å². The van der Waals surface area contributed by atoms with E-state index in [4.69, 9.17) is 4.74 Å². The third kappa shape index (κ3) is 2.78. The Hall–Kier alpha value is -1.39. The summed E-state index contributed by atoms with van der Waals surface area (Å²) in [5.74, 6) is -1.70. The van der Waals surface area contributed by atoms with E-state index in [1.54, 1.807) is 13.8 Å². The zero-order valence-electron chi connectivity index (χ0n) is 9.24. The van der Waals surface area contributed by atoms with E-state index >= 15 is 0 Å². The number of rotatable bonds is 6. The molecule has 0 spiro atoms. The maximum atomic E-state index is 11.5. The molecule has 1 unspecified atom stereocenters. The van der Waals surface area contributed by atoms with Gasteiger partial charge in [0.05, 0.1) is 13.7 Å². The first-order chi connectivity index (χ1) is 7.08. The molecule has 0 fully saturated rings. The SMILES string of the molecule is CCCC(C=O)(C(=O)OC)C(=O)OCC. The van der Waals surface area contributed by atoms with Gasteiger partial charge in [-0.15, -0.1) is 0 Å². The molecule has 0 aromatic carbocycles. The molecule has 5 nitrogen and oxygen atoms in total. The maximum absolute atomic E-state index is 11.5. The zero-order chi connectivity index (χ0) is 11.9. The van der Waals surface area contributed by atoms with Crippen LogP contribution < -0.4 is 0 Å². The Morgan fingerprint density at radius 3 is 2.20 bits per heavy atom. The van der Waals surface area contributed by atoms with E-state index < -0.39 is 17.4 Å². The summed E-state index contributed by atoms with van der Waals surface area (Å²) in [5, 5.41) is 0. The predicted molar refractivity (Wildman–Crippen MR) is 52.1 cm³/mol. The number of esters is 2. The minimum absolute atomic E-state index is 0.0992. The van der Waals surface area contributed by atoms with Gasteiger partial charge >= 0.3 is 11.9 Å². The van der Waals surface area contributed by atoms with Crippen LogP contribution in [0, 0.1) is 5.41 Å². The van der Waals surface area contributed by atoms with Crippen LogP contribution in [0.2, 0.25) is 0 Å². The number of methoxy groups -OCH3 is 1. The first kappa shape index (κ1) is 13.6. The minimum atomic E-state index is -1.79. The van der Waals surface area contributed by atoms with Crippen LogP contribution in [0.4, 0.5) is 0 Å². The molecule has 1 atom stereocenters. The molecule has 15 heavy (non-hydrogen) atoms. The van der Waals surface area contributed by atoms with Crippen LogP contribution in [0.3, 0.4) is 0 Å². The van der Waals surface area contributed by atoms with Crippen LogP contribution in [0.5, 0.6) is 0 Å². The second-order valence-electron chi connectivity index (χ2n) is 3.05. The lowest BCUT2D eigenvalue weighted by molar-refractivity contribution is -0.171. The van der Waals surface area contributed by atoms with Gasteiger partial charge in [0.25, 0.3) is 0 Å². The molecule has 0 saturated heterocycles. The number of hydrogen-bond acceptors (Lipinski definition) is 5. The summed E-state index contributed by atoms with van der Waals surface area (Å²) in [6.45, 7) is 3.49. The third-order valence-electron chi connectivity index (χ3n) is 2.03. The van der Waals surface area contributed by atoms with Crippen LogP contribution in [-0.2, 0) is 23.9 Å². The monoisotopic (exact) mass is 216 g/mol. The summed E-state index contributed by atoms with van der Waals surface area (Å²) in [6, 6.07) is 0. The summed E-state index contributed by atoms with van der Waals surface area (Å²) in [6.07, 6.45) is 0.912. The quantitative estimate of drug-likeness (QED) is 0.371. The summed E-state index contributed by atoms with van der Waals surface area (Å²) < 4.78 is 9.16. The molecule has 0 aromatic heterocycles. The number of carbonyl (C=O) groups is 3. The van der Waals surface area contributed by atoms with Crippen LogP contribution in [0.1, 0.15) is 26.7 Å². The van der Waals surface area contributed by atoms with Crippen molar-refractivity contribution in [1.82, 2.24) is 0 Å². The fourth-order valence-corrected chi connectivity index (χ4v) is 1.28. The van der Waals surface area contributed by atoms with Crippen molar-refractivity contribution in [3.63, 3.8) is 0 Å². The molecule has 5 heteroatoms. The zero-order valence-corrected chi connectivity index (χ0v) is 9.24. The molecular formula is C10H16O5. The van der Waals surface area contributed by atoms with Crippen molar-refractivity contribution < 1.29 is 23.9 Å². The Kier molecular flexibility index (Phi) is 5.59. The fraction of sp³-hybridized carbons (Fsp3) is 0.700. The Morgan fingerprint density at radius 1 is 1.27 bits per heavy atom. The molecule has 0 aliphatic carbocycles. The first-order valence-corrected chi connectivity index (χ1v) is 4.81. The maximum Gasteiger partial charge on any atom is 0.330 e. The molecule has 0 bridgehead atoms. The fourth-order valence-electron chi connectivity index (χ4n) is 1.28. The van der Waals surface area contributed by atoms with Gasteiger partial charge in [0.1, 0.15) is 6.29 Å². The molecule has 0 N–H and O–H groups in total. The smallest absolute Gasteiger partial charge is 0.330 e. The molecule has 0 aliphatic rings. The normalized spacial score (nSPS) is 13.8. The highest BCUT2D eigenvalue weighted by Gasteiger charge is 2.48. The highest BCUT2D eigenvalue weighted by atomic mass is 16.6. The summed E-state index contributed by atoms with van der Waals surface area (Å²) in [5.41, 5.74) is -1.79. The van der Waals surface area contributed by atoms with Gasteiger partial charge in [0.15, 0.2) is 0 Å². The van der Waals surface area contributed by atoms with E-state index in [9.17, 15) is 14.4 Å². The topological polar surface area (TPSA) is 69.7 Å². The molecule has 0 radical (unpaired) electrons. The highest BCUT2D eigenvalue weighted by Crippen LogP contribution is 2.25. The molecule has 0 rings (SSSR count). The number of hydrogen-bond donors (Lipinski definition) is 0. The van der Waals surface area contributed by atoms with Crippen LogP contribution in [-0.4, -0.2) is 31.9 Å². The highest BCUT2D eigenvalue weighted by molar-refractivity contribution is 6.13. The van der Waals surface area contributed by atoms with Crippen molar-refractivity contribution in [3.8, 4) is 0 Å². The molecule has 0 aromatic rings. The first-order valence-electron chi connectivity index (χ1n) is 4.81. The molecule has 0 saturated carbocycles. The van der Waals surface area contributed by atoms with Crippen molar-refractivity contribution in [3.05, 3.63) is 0 Å². The van der Waals surface area contributed by atoms with Gasteiger partial charge in [-0.2, -0.15) is 0 Å². The summed E-state index contributed by atoms with van der Waals surface area (Å²) in [4.78, 5) is 33.9. The van der Waals surface area contributed by atoms with Crippen LogP contribution in [0.15, 0.2) is 0 Å². The van der Waals surface area contributed by atoms with Crippen LogP contribution in [0.25, 0.3) is 0 Å². The van der Waals surface area contributed by atoms with Gasteiger partial charge in [-0.05, 0) is 13.3 Å². The lowest BCUT2D eigenvalue weighted by Gasteiger charge is -2.21. The van der Waals surface area contributed by atoms with Crippen molar-refractivity contribution in [2.45, 2.75) is 26.7 Å². The van der Waals surface area contributed by atoms with Gasteiger partial charge in [-0.3, -0.25) is 9.59 Å². The van der Waals surface area contributed by atoms with Crippen molar-refractivity contribution in [1.29, 1.82) is 0 Å². The van der Waals surface area contributed by atoms with E-state index in [1.807, 2.05) is 0 Å². The molecule has 0 aliphatic heterocycles. The molecule has 0 amide bonds. The Labute approximate surface area is 88.7 Å². The Morgan fingerprint density at radius 2 is 1.87 bits per heavy atom. The Bertz CT molecular complexity index is 248. The van der Waals surface area contributed by atoms with Crippen LogP contribution >= 0.6 is 0 Å². The second-order valence-corrected chi connectivity index (χ2v) is 3.05. The molecular weight excluding hydrogens is 200 g/mol. The van der Waals surface area contributed by atoms with Gasteiger partial charge in [0, 0.05) is 0 Å². The van der Waals surface area contributed by atoms with E-state index in [0.29, 0.717) is 12.7 Å². The van der Waals surface area contributed by atoms with Gasteiger partial charge in [-0.25, -0.2) is 0 Å². The van der Waals surface area contributed by atoms with Crippen molar-refractivity contribution >= 4 is 18.2 Å². The van der Waals surface area contributed by atoms with Gasteiger partial charge in [0.2, 0.25) is 5.41 Å². The predicted octanol–water partition coefficient (Wildman–Crippen LogP) is 0.708. The largest absolute Gasteiger partial charge is 0.468 e. The minimum Gasteiger partial charge on any atom is -0.468 e. The third-order valence-corrected chi connectivity index (χ3v) is 2.03. The average molecular weight is 216 g/mol. The van der Waals surface area contributed by atoms with Crippen molar-refractivity contribution in [2.75, 3.05) is 13.7 Å². The summed E-state index contributed by atoms with van der Waals surface area (Å²) >= 11 is 0. The summed E-state index contributed by atoms with van der Waals surface area (Å²) in [7, 11) is 1.13. The average Bonchev–Trinajstić information content (AvgIpc) is 2.25. The van der Waals surface area contributed by atoms with Crippen molar-refractivity contribution in [2.24, 2.45) is 5.41 Å². The second kappa shape index (κ2) is 6.16. The van der Waals surface area contributed by atoms with Gasteiger partial charge in [-0.1, -0.05) is 13.3 Å². The van der Waals surface area contributed by atoms with E-state index in [2.05, 4.69) is 4.74 Å². The standard InChI is InChI=1S/C10H16O5/c1-4-6-10(7-11,8(12)14-3)9(13)15-5-2/h7H,4-6H2,1-3H3. The number of ether oxygens (including phenoxy) is 2. The van der Waals surface area contributed by atoms with Gasteiger partial charge < -0.3 is 14.3 Å². The van der Waals surface area contributed by atoms with E-state index in [1.165, 1.54) is 0 Å².